The lowest BCUT2D eigenvalue weighted by atomic mass is 10.0. The number of halogens is 1. The van der Waals surface area contributed by atoms with E-state index in [1.807, 2.05) is 0 Å². The molecule has 0 fully saturated rings. The third-order valence-corrected chi connectivity index (χ3v) is 2.56. The van der Waals surface area contributed by atoms with Crippen molar-refractivity contribution in [1.82, 2.24) is 0 Å². The van der Waals surface area contributed by atoms with Crippen molar-refractivity contribution < 1.29 is 24.6 Å². The fraction of sp³-hybridized carbons (Fsp3) is 0.400. The van der Waals surface area contributed by atoms with Crippen molar-refractivity contribution in [1.29, 1.82) is 0 Å². The Labute approximate surface area is 111 Å². The van der Waals surface area contributed by atoms with Crippen LogP contribution in [0, 0.1) is 15.9 Å². The zero-order valence-corrected chi connectivity index (χ0v) is 10.0. The highest BCUT2D eigenvalue weighted by Gasteiger charge is 2.25. The molecule has 0 aromatic heterocycles. The Kier molecular flexibility index (Phi) is 5.21. The maximum absolute atomic E-state index is 13.3. The molecule has 0 heterocycles. The molecule has 1 rings (SSSR count). The van der Waals surface area contributed by atoms with Crippen molar-refractivity contribution in [2.24, 2.45) is 5.11 Å². The molecule has 0 aliphatic heterocycles. The summed E-state index contributed by atoms with van der Waals surface area (Å²) in [4.78, 5) is 12.0. The first kappa shape index (κ1) is 15.6. The summed E-state index contributed by atoms with van der Waals surface area (Å²) in [7, 11) is 0. The fourth-order valence-corrected chi connectivity index (χ4v) is 1.53. The molecule has 2 atom stereocenters. The number of aliphatic hydroxyl groups is 2. The standard InChI is InChI=1S/C10H11FN4O5/c11-6-3-5(4-7(10(6)18)15(19)20)9(17)8(16)1-2-13-14-12/h3-4,8-9,16-18H,1-2H2. The molecule has 0 aliphatic rings. The van der Waals surface area contributed by atoms with Gasteiger partial charge in [0.1, 0.15) is 6.10 Å². The predicted molar refractivity (Wildman–Crippen MR) is 64.3 cm³/mol. The van der Waals surface area contributed by atoms with E-state index in [0.29, 0.717) is 6.07 Å². The van der Waals surface area contributed by atoms with Crippen LogP contribution in [0.5, 0.6) is 5.75 Å². The third-order valence-electron chi connectivity index (χ3n) is 2.56. The Morgan fingerprint density at radius 2 is 2.15 bits per heavy atom. The minimum atomic E-state index is -1.61. The minimum absolute atomic E-state index is 0.0998. The second-order valence-corrected chi connectivity index (χ2v) is 3.88. The molecule has 0 radical (unpaired) electrons. The van der Waals surface area contributed by atoms with E-state index in [-0.39, 0.29) is 18.5 Å². The summed E-state index contributed by atoms with van der Waals surface area (Å²) in [5.74, 6) is -2.43. The summed E-state index contributed by atoms with van der Waals surface area (Å²) in [6.07, 6.45) is -3.12. The number of nitrogens with zero attached hydrogens (tertiary/aromatic N) is 4. The number of hydrogen-bond acceptors (Lipinski definition) is 6. The van der Waals surface area contributed by atoms with Crippen LogP contribution in [-0.4, -0.2) is 32.9 Å². The molecule has 108 valence electrons. The molecule has 3 N–H and O–H groups in total. The molecule has 0 saturated heterocycles. The van der Waals surface area contributed by atoms with Crippen LogP contribution in [0.1, 0.15) is 18.1 Å². The van der Waals surface area contributed by atoms with Crippen LogP contribution in [0.15, 0.2) is 17.2 Å². The minimum Gasteiger partial charge on any atom is -0.500 e. The van der Waals surface area contributed by atoms with E-state index in [4.69, 9.17) is 5.53 Å². The van der Waals surface area contributed by atoms with Crippen molar-refractivity contribution in [3.8, 4) is 5.75 Å². The maximum atomic E-state index is 13.3. The molecule has 9 nitrogen and oxygen atoms in total. The fourth-order valence-electron chi connectivity index (χ4n) is 1.53. The van der Waals surface area contributed by atoms with Gasteiger partial charge in [-0.1, -0.05) is 5.11 Å². The van der Waals surface area contributed by atoms with Gasteiger partial charge in [-0.15, -0.1) is 0 Å². The summed E-state index contributed by atoms with van der Waals surface area (Å²) in [6.45, 7) is -0.0998. The van der Waals surface area contributed by atoms with Crippen LogP contribution in [-0.2, 0) is 0 Å². The molecule has 20 heavy (non-hydrogen) atoms. The van der Waals surface area contributed by atoms with Gasteiger partial charge in [0.25, 0.3) is 0 Å². The van der Waals surface area contributed by atoms with Crippen LogP contribution < -0.4 is 0 Å². The highest BCUT2D eigenvalue weighted by atomic mass is 19.1. The van der Waals surface area contributed by atoms with E-state index in [0.717, 1.165) is 6.07 Å². The Morgan fingerprint density at radius 3 is 2.70 bits per heavy atom. The Hall–Kier alpha value is -2.42. The van der Waals surface area contributed by atoms with Gasteiger partial charge in [0, 0.05) is 17.5 Å². The Balaban J connectivity index is 3.01. The van der Waals surface area contributed by atoms with Crippen LogP contribution in [0.25, 0.3) is 10.4 Å². The number of nitro benzene ring substituents is 1. The summed E-state index contributed by atoms with van der Waals surface area (Å²) in [5.41, 5.74) is 6.88. The van der Waals surface area contributed by atoms with Gasteiger partial charge < -0.3 is 15.3 Å². The van der Waals surface area contributed by atoms with Crippen LogP contribution in [0.2, 0.25) is 0 Å². The average molecular weight is 286 g/mol. The van der Waals surface area contributed by atoms with E-state index < -0.39 is 34.4 Å². The molecule has 0 amide bonds. The molecule has 0 saturated carbocycles. The number of azide groups is 1. The first-order valence-corrected chi connectivity index (χ1v) is 5.42. The maximum Gasteiger partial charge on any atom is 0.314 e. The topological polar surface area (TPSA) is 153 Å². The van der Waals surface area contributed by atoms with Gasteiger partial charge in [0.2, 0.25) is 5.75 Å². The largest absolute Gasteiger partial charge is 0.500 e. The van der Waals surface area contributed by atoms with Gasteiger partial charge >= 0.3 is 5.69 Å². The van der Waals surface area contributed by atoms with Gasteiger partial charge in [-0.2, -0.15) is 0 Å². The Morgan fingerprint density at radius 1 is 1.50 bits per heavy atom. The molecule has 1 aromatic carbocycles. The quantitative estimate of drug-likeness (QED) is 0.238. The van der Waals surface area contributed by atoms with Gasteiger partial charge in [-0.25, -0.2) is 4.39 Å². The number of aliphatic hydroxyl groups excluding tert-OH is 2. The molecule has 0 aliphatic carbocycles. The van der Waals surface area contributed by atoms with Crippen molar-refractivity contribution in [3.05, 3.63) is 44.1 Å². The van der Waals surface area contributed by atoms with Gasteiger partial charge in [0.05, 0.1) is 11.0 Å². The second-order valence-electron chi connectivity index (χ2n) is 3.88. The van der Waals surface area contributed by atoms with Crippen molar-refractivity contribution in [2.45, 2.75) is 18.6 Å². The number of phenolic OH excluding ortho intramolecular Hbond substituents is 1. The van der Waals surface area contributed by atoms with Crippen molar-refractivity contribution in [3.63, 3.8) is 0 Å². The van der Waals surface area contributed by atoms with E-state index in [9.17, 15) is 29.8 Å². The van der Waals surface area contributed by atoms with Crippen LogP contribution in [0.3, 0.4) is 0 Å². The summed E-state index contributed by atoms with van der Waals surface area (Å²) in [5, 5.41) is 42.3. The lowest BCUT2D eigenvalue weighted by molar-refractivity contribution is -0.386. The SMILES string of the molecule is [N-]=[N+]=NCCC(O)C(O)c1cc(F)c(O)c([N+](=O)[O-])c1. The van der Waals surface area contributed by atoms with Crippen LogP contribution in [0.4, 0.5) is 10.1 Å². The predicted octanol–water partition coefficient (Wildman–Crippen LogP) is 1.53. The van der Waals surface area contributed by atoms with Gasteiger partial charge in [0.15, 0.2) is 5.82 Å². The van der Waals surface area contributed by atoms with E-state index in [2.05, 4.69) is 10.0 Å². The number of nitro groups is 1. The average Bonchev–Trinajstić information content (AvgIpc) is 2.40. The normalized spacial score (nSPS) is 13.3. The molecule has 0 bridgehead atoms. The van der Waals surface area contributed by atoms with E-state index >= 15 is 0 Å². The lowest BCUT2D eigenvalue weighted by Crippen LogP contribution is -2.19. The van der Waals surface area contributed by atoms with Gasteiger partial charge in [-0.3, -0.25) is 10.1 Å². The molecule has 1 aromatic rings. The smallest absolute Gasteiger partial charge is 0.314 e. The molecule has 2 unspecified atom stereocenters. The summed E-state index contributed by atoms with van der Waals surface area (Å²) < 4.78 is 13.3. The van der Waals surface area contributed by atoms with Crippen LogP contribution >= 0.6 is 0 Å². The number of rotatable bonds is 6. The molecule has 0 spiro atoms. The van der Waals surface area contributed by atoms with Crippen molar-refractivity contribution in [2.75, 3.05) is 6.54 Å². The molecule has 10 heteroatoms. The van der Waals surface area contributed by atoms with E-state index in [1.54, 1.807) is 0 Å². The summed E-state index contributed by atoms with van der Waals surface area (Å²) >= 11 is 0. The lowest BCUT2D eigenvalue weighted by Gasteiger charge is -2.17. The van der Waals surface area contributed by atoms with Gasteiger partial charge in [-0.05, 0) is 23.6 Å². The van der Waals surface area contributed by atoms with E-state index in [1.165, 1.54) is 0 Å². The Bertz CT molecular complexity index is 561. The number of phenols is 1. The summed E-state index contributed by atoms with van der Waals surface area (Å²) in [6, 6.07) is 1.45. The number of aromatic hydroxyl groups is 1. The molecular weight excluding hydrogens is 275 g/mol. The monoisotopic (exact) mass is 286 g/mol. The first-order chi connectivity index (χ1) is 9.38. The number of benzene rings is 1. The van der Waals surface area contributed by atoms with Crippen molar-refractivity contribution >= 4 is 5.69 Å². The second kappa shape index (κ2) is 6.66. The third kappa shape index (κ3) is 3.54. The first-order valence-electron chi connectivity index (χ1n) is 5.42. The zero-order valence-electron chi connectivity index (χ0n) is 10.0. The molecular formula is C10H11FN4O5. The zero-order chi connectivity index (χ0) is 15.3. The number of hydrogen-bond donors (Lipinski definition) is 3. The highest BCUT2D eigenvalue weighted by molar-refractivity contribution is 5.49. The highest BCUT2D eigenvalue weighted by Crippen LogP contribution is 2.33.